The Bertz CT molecular complexity index is 434. The second kappa shape index (κ2) is 7.97. The van der Waals surface area contributed by atoms with Gasteiger partial charge in [-0.1, -0.05) is 18.2 Å². The third-order valence-corrected chi connectivity index (χ3v) is 2.33. The number of amides is 2. The quantitative estimate of drug-likeness (QED) is 0.755. The second-order valence-corrected chi connectivity index (χ2v) is 3.65. The molecule has 0 aliphatic heterocycles. The molecule has 0 unspecified atom stereocenters. The van der Waals surface area contributed by atoms with Crippen molar-refractivity contribution in [1.82, 2.24) is 10.6 Å². The van der Waals surface area contributed by atoms with E-state index in [0.717, 1.165) is 5.56 Å². The maximum absolute atomic E-state index is 11.5. The van der Waals surface area contributed by atoms with Crippen LogP contribution in [0.2, 0.25) is 0 Å². The average molecular weight is 266 g/mol. The first kappa shape index (κ1) is 14.8. The van der Waals surface area contributed by atoms with Crippen molar-refractivity contribution in [3.8, 4) is 5.75 Å². The zero-order chi connectivity index (χ0) is 14.1. The number of carbonyl (C=O) groups excluding carboxylic acids is 2. The minimum Gasteiger partial charge on any atom is -0.496 e. The van der Waals surface area contributed by atoms with Gasteiger partial charge < -0.3 is 20.1 Å². The van der Waals surface area contributed by atoms with Gasteiger partial charge in [-0.15, -0.1) is 0 Å². The number of para-hydroxylation sites is 1. The van der Waals surface area contributed by atoms with Gasteiger partial charge in [-0.3, -0.25) is 4.79 Å². The lowest BCUT2D eigenvalue weighted by Crippen LogP contribution is -2.38. The molecule has 0 aromatic heterocycles. The summed E-state index contributed by atoms with van der Waals surface area (Å²) in [6, 6.07) is 6.94. The fraction of sp³-hybridized carbons (Fsp3) is 0.385. The van der Waals surface area contributed by atoms with Crippen LogP contribution in [0.15, 0.2) is 24.3 Å². The fourth-order valence-electron chi connectivity index (χ4n) is 1.45. The summed E-state index contributed by atoms with van der Waals surface area (Å²) in [5.74, 6) is 0.239. The van der Waals surface area contributed by atoms with Crippen LogP contribution in [-0.4, -0.2) is 32.3 Å². The molecule has 0 fully saturated rings. The van der Waals surface area contributed by atoms with Crippen molar-refractivity contribution in [3.63, 3.8) is 0 Å². The van der Waals surface area contributed by atoms with E-state index in [1.807, 2.05) is 24.3 Å². The van der Waals surface area contributed by atoms with Crippen LogP contribution in [0.4, 0.5) is 4.79 Å². The summed E-state index contributed by atoms with van der Waals surface area (Å²) >= 11 is 0. The molecule has 0 saturated carbocycles. The van der Waals surface area contributed by atoms with Crippen LogP contribution < -0.4 is 15.4 Å². The van der Waals surface area contributed by atoms with Gasteiger partial charge in [0.2, 0.25) is 0 Å². The van der Waals surface area contributed by atoms with E-state index in [9.17, 15) is 9.59 Å². The predicted octanol–water partition coefficient (Wildman–Crippen LogP) is 1.06. The summed E-state index contributed by atoms with van der Waals surface area (Å²) in [4.78, 5) is 22.5. The molecule has 2 amide bonds. The highest BCUT2D eigenvalue weighted by molar-refractivity contribution is 5.80. The van der Waals surface area contributed by atoms with Crippen molar-refractivity contribution in [2.75, 3.05) is 20.3 Å². The van der Waals surface area contributed by atoms with Gasteiger partial charge in [-0.2, -0.15) is 0 Å². The molecule has 6 heteroatoms. The van der Waals surface area contributed by atoms with Crippen molar-refractivity contribution in [3.05, 3.63) is 29.8 Å². The highest BCUT2D eigenvalue weighted by Crippen LogP contribution is 2.16. The van der Waals surface area contributed by atoms with E-state index in [1.165, 1.54) is 0 Å². The molecule has 0 spiro atoms. The van der Waals surface area contributed by atoms with Crippen LogP contribution in [0.3, 0.4) is 0 Å². The molecule has 1 aromatic carbocycles. The van der Waals surface area contributed by atoms with Gasteiger partial charge >= 0.3 is 12.0 Å². The smallest absolute Gasteiger partial charge is 0.325 e. The number of hydrogen-bond acceptors (Lipinski definition) is 4. The molecule has 1 aromatic rings. The lowest BCUT2D eigenvalue weighted by atomic mass is 10.2. The number of benzene rings is 1. The minimum atomic E-state index is -0.463. The Morgan fingerprint density at radius 2 is 1.95 bits per heavy atom. The molecule has 1 rings (SSSR count). The second-order valence-electron chi connectivity index (χ2n) is 3.65. The standard InChI is InChI=1S/C13H18N2O4/c1-3-19-12(16)9-15-13(17)14-8-10-6-4-5-7-11(10)18-2/h4-7H,3,8-9H2,1-2H3,(H2,14,15,17). The third kappa shape index (κ3) is 5.29. The predicted molar refractivity (Wildman–Crippen MR) is 69.9 cm³/mol. The average Bonchev–Trinajstić information content (AvgIpc) is 2.43. The Hall–Kier alpha value is -2.24. The topological polar surface area (TPSA) is 76.7 Å². The Morgan fingerprint density at radius 1 is 1.21 bits per heavy atom. The largest absolute Gasteiger partial charge is 0.496 e. The molecule has 0 bridgehead atoms. The molecule has 0 aliphatic carbocycles. The van der Waals surface area contributed by atoms with Gasteiger partial charge in [-0.05, 0) is 13.0 Å². The lowest BCUT2D eigenvalue weighted by molar-refractivity contribution is -0.141. The Morgan fingerprint density at radius 3 is 2.63 bits per heavy atom. The number of rotatable bonds is 6. The summed E-state index contributed by atoms with van der Waals surface area (Å²) in [5.41, 5.74) is 0.858. The molecular formula is C13H18N2O4. The Kier molecular flexibility index (Phi) is 6.21. The van der Waals surface area contributed by atoms with Crippen molar-refractivity contribution in [2.24, 2.45) is 0 Å². The minimum absolute atomic E-state index is 0.147. The molecule has 6 nitrogen and oxygen atoms in total. The Balaban J connectivity index is 2.35. The first-order valence-electron chi connectivity index (χ1n) is 5.96. The first-order valence-corrected chi connectivity index (χ1v) is 5.96. The monoisotopic (exact) mass is 266 g/mol. The van der Waals surface area contributed by atoms with Crippen molar-refractivity contribution in [1.29, 1.82) is 0 Å². The summed E-state index contributed by atoms with van der Waals surface area (Å²) in [6.45, 7) is 2.17. The van der Waals surface area contributed by atoms with Crippen molar-refractivity contribution >= 4 is 12.0 Å². The van der Waals surface area contributed by atoms with Gasteiger partial charge in [0.05, 0.1) is 13.7 Å². The molecule has 2 N–H and O–H groups in total. The summed E-state index contributed by atoms with van der Waals surface area (Å²) in [5, 5.41) is 5.04. The van der Waals surface area contributed by atoms with E-state index in [4.69, 9.17) is 9.47 Å². The van der Waals surface area contributed by atoms with E-state index in [-0.39, 0.29) is 6.54 Å². The number of nitrogens with one attached hydrogen (secondary N) is 2. The molecule has 0 saturated heterocycles. The number of urea groups is 1. The maximum atomic E-state index is 11.5. The Labute approximate surface area is 112 Å². The van der Waals surface area contributed by atoms with E-state index in [0.29, 0.717) is 18.9 Å². The molecular weight excluding hydrogens is 248 g/mol. The normalized spacial score (nSPS) is 9.58. The number of esters is 1. The number of hydrogen-bond donors (Lipinski definition) is 2. The highest BCUT2D eigenvalue weighted by atomic mass is 16.5. The SMILES string of the molecule is CCOC(=O)CNC(=O)NCc1ccccc1OC. The number of ether oxygens (including phenoxy) is 2. The first-order chi connectivity index (χ1) is 9.17. The zero-order valence-corrected chi connectivity index (χ0v) is 11.1. The van der Waals surface area contributed by atoms with E-state index >= 15 is 0 Å². The molecule has 0 atom stereocenters. The van der Waals surface area contributed by atoms with Crippen molar-refractivity contribution < 1.29 is 19.1 Å². The zero-order valence-electron chi connectivity index (χ0n) is 11.1. The number of methoxy groups -OCH3 is 1. The lowest BCUT2D eigenvalue weighted by Gasteiger charge is -2.10. The molecule has 0 aliphatic rings. The highest BCUT2D eigenvalue weighted by Gasteiger charge is 2.07. The van der Waals surface area contributed by atoms with E-state index in [1.54, 1.807) is 14.0 Å². The molecule has 0 heterocycles. The fourth-order valence-corrected chi connectivity index (χ4v) is 1.45. The van der Waals surface area contributed by atoms with Crippen LogP contribution in [0, 0.1) is 0 Å². The van der Waals surface area contributed by atoms with E-state index < -0.39 is 12.0 Å². The molecule has 0 radical (unpaired) electrons. The van der Waals surface area contributed by atoms with Crippen molar-refractivity contribution in [2.45, 2.75) is 13.5 Å². The van der Waals surface area contributed by atoms with Gasteiger partial charge in [-0.25, -0.2) is 4.79 Å². The number of carbonyl (C=O) groups is 2. The van der Waals surface area contributed by atoms with Gasteiger partial charge in [0.15, 0.2) is 0 Å². The summed E-state index contributed by atoms with van der Waals surface area (Å²) in [7, 11) is 1.57. The molecule has 19 heavy (non-hydrogen) atoms. The van der Waals surface area contributed by atoms with Crippen LogP contribution in [0.5, 0.6) is 5.75 Å². The van der Waals surface area contributed by atoms with Gasteiger partial charge in [0.25, 0.3) is 0 Å². The maximum Gasteiger partial charge on any atom is 0.325 e. The summed E-state index contributed by atoms with van der Waals surface area (Å²) < 4.78 is 9.85. The summed E-state index contributed by atoms with van der Waals surface area (Å²) in [6.07, 6.45) is 0. The van der Waals surface area contributed by atoms with Gasteiger partial charge in [0.1, 0.15) is 12.3 Å². The third-order valence-electron chi connectivity index (χ3n) is 2.33. The van der Waals surface area contributed by atoms with E-state index in [2.05, 4.69) is 10.6 Å². The van der Waals surface area contributed by atoms with Crippen LogP contribution >= 0.6 is 0 Å². The van der Waals surface area contributed by atoms with Crippen LogP contribution in [-0.2, 0) is 16.1 Å². The van der Waals surface area contributed by atoms with Gasteiger partial charge in [0, 0.05) is 12.1 Å². The van der Waals surface area contributed by atoms with Crippen LogP contribution in [0.25, 0.3) is 0 Å². The van der Waals surface area contributed by atoms with Crippen LogP contribution in [0.1, 0.15) is 12.5 Å². The molecule has 104 valence electrons.